The summed E-state index contributed by atoms with van der Waals surface area (Å²) in [6.45, 7) is 3.96. The summed E-state index contributed by atoms with van der Waals surface area (Å²) in [6, 6.07) is 2.97. The average molecular weight is 324 g/mol. The second-order valence-corrected chi connectivity index (χ2v) is 4.43. The highest BCUT2D eigenvalue weighted by atomic mass is 79.9. The number of hydrogen-bond donors (Lipinski definition) is 2. The van der Waals surface area contributed by atoms with Gasteiger partial charge in [-0.05, 0) is 26.0 Å². The number of morpholine rings is 1. The predicted octanol–water partition coefficient (Wildman–Crippen LogP) is 2.08. The zero-order chi connectivity index (χ0) is 12.6. The minimum absolute atomic E-state index is 0. The molecule has 2 N–H and O–H groups in total. The van der Waals surface area contributed by atoms with Crippen molar-refractivity contribution < 1.29 is 18.6 Å². The van der Waals surface area contributed by atoms with Crippen molar-refractivity contribution in [3.05, 3.63) is 35.4 Å². The molecule has 0 spiro atoms. The number of ether oxygens (including phenoxy) is 1. The maximum atomic E-state index is 13.1. The van der Waals surface area contributed by atoms with Crippen molar-refractivity contribution in [2.75, 3.05) is 6.61 Å². The fraction of sp³-hybridized carbons (Fsp3) is 0.500. The standard InChI is InChI=1S/C12H15F2NO2.BrH/c1-7-6-17-12(16,8(2)15-7)9-3-4-10(13)11(14)5-9;/h3-5,7-8,15-16H,6H2,1-2H3;1H/t7-,8+,12-;/m1./s1. The Morgan fingerprint density at radius 2 is 2.00 bits per heavy atom. The lowest BCUT2D eigenvalue weighted by molar-refractivity contribution is -0.252. The van der Waals surface area contributed by atoms with E-state index in [-0.39, 0.29) is 28.6 Å². The minimum Gasteiger partial charge on any atom is -0.361 e. The summed E-state index contributed by atoms with van der Waals surface area (Å²) >= 11 is 0. The average Bonchev–Trinajstić information content (AvgIpc) is 2.28. The van der Waals surface area contributed by atoms with Gasteiger partial charge in [0.2, 0.25) is 5.79 Å². The van der Waals surface area contributed by atoms with Gasteiger partial charge in [-0.3, -0.25) is 0 Å². The molecular weight excluding hydrogens is 308 g/mol. The number of hydrogen-bond acceptors (Lipinski definition) is 3. The van der Waals surface area contributed by atoms with Gasteiger partial charge in [0.15, 0.2) is 11.6 Å². The molecule has 1 saturated heterocycles. The van der Waals surface area contributed by atoms with E-state index >= 15 is 0 Å². The van der Waals surface area contributed by atoms with Gasteiger partial charge in [-0.2, -0.15) is 0 Å². The first kappa shape index (κ1) is 15.5. The van der Waals surface area contributed by atoms with Crippen LogP contribution in [0.1, 0.15) is 19.4 Å². The Hall–Kier alpha value is -0.560. The first-order chi connectivity index (χ1) is 7.93. The van der Waals surface area contributed by atoms with Gasteiger partial charge in [0.1, 0.15) is 0 Å². The maximum absolute atomic E-state index is 13.1. The molecule has 0 saturated carbocycles. The van der Waals surface area contributed by atoms with Crippen LogP contribution in [0.3, 0.4) is 0 Å². The molecule has 1 aromatic carbocycles. The SMILES string of the molecule is Br.C[C@@H]1CO[C@@](O)(c2ccc(F)c(F)c2)[C@H](C)N1. The topological polar surface area (TPSA) is 41.5 Å². The van der Waals surface area contributed by atoms with Crippen molar-refractivity contribution in [2.24, 2.45) is 0 Å². The Morgan fingerprint density at radius 3 is 2.56 bits per heavy atom. The van der Waals surface area contributed by atoms with E-state index < -0.39 is 23.5 Å². The Balaban J connectivity index is 0.00000162. The smallest absolute Gasteiger partial charge is 0.208 e. The quantitative estimate of drug-likeness (QED) is 0.831. The van der Waals surface area contributed by atoms with Crippen LogP contribution in [0, 0.1) is 11.6 Å². The van der Waals surface area contributed by atoms with Crippen LogP contribution >= 0.6 is 17.0 Å². The molecule has 2 rings (SSSR count). The van der Waals surface area contributed by atoms with Gasteiger partial charge in [-0.15, -0.1) is 17.0 Å². The molecule has 1 fully saturated rings. The second-order valence-electron chi connectivity index (χ2n) is 4.43. The number of halogens is 3. The van der Waals surface area contributed by atoms with Crippen LogP contribution in [0.4, 0.5) is 8.78 Å². The lowest BCUT2D eigenvalue weighted by Gasteiger charge is -2.41. The van der Waals surface area contributed by atoms with Crippen LogP contribution < -0.4 is 5.32 Å². The van der Waals surface area contributed by atoms with Crippen LogP contribution in [0.2, 0.25) is 0 Å². The molecule has 0 aromatic heterocycles. The molecular formula is C12H16BrF2NO2. The molecule has 1 aliphatic rings. The van der Waals surface area contributed by atoms with Crippen LogP contribution in [0.15, 0.2) is 18.2 Å². The van der Waals surface area contributed by atoms with E-state index in [2.05, 4.69) is 5.32 Å². The lowest BCUT2D eigenvalue weighted by atomic mass is 9.96. The summed E-state index contributed by atoms with van der Waals surface area (Å²) in [7, 11) is 0. The van der Waals surface area contributed by atoms with Crippen LogP contribution in [-0.2, 0) is 10.5 Å². The third-order valence-electron chi connectivity index (χ3n) is 3.01. The largest absolute Gasteiger partial charge is 0.361 e. The van der Waals surface area contributed by atoms with E-state index in [4.69, 9.17) is 4.74 Å². The van der Waals surface area contributed by atoms with Gasteiger partial charge in [-0.1, -0.05) is 6.07 Å². The molecule has 0 unspecified atom stereocenters. The first-order valence-corrected chi connectivity index (χ1v) is 5.51. The number of benzene rings is 1. The summed E-state index contributed by atoms with van der Waals surface area (Å²) in [5, 5.41) is 13.5. The van der Waals surface area contributed by atoms with E-state index in [1.807, 2.05) is 6.92 Å². The van der Waals surface area contributed by atoms with Crippen molar-refractivity contribution in [1.82, 2.24) is 5.32 Å². The van der Waals surface area contributed by atoms with E-state index in [0.29, 0.717) is 6.61 Å². The van der Waals surface area contributed by atoms with Crippen molar-refractivity contribution in [3.63, 3.8) is 0 Å². The molecule has 0 amide bonds. The molecule has 0 bridgehead atoms. The predicted molar refractivity (Wildman–Crippen MR) is 68.6 cm³/mol. The summed E-state index contributed by atoms with van der Waals surface area (Å²) in [4.78, 5) is 0. The molecule has 1 aliphatic heterocycles. The van der Waals surface area contributed by atoms with Crippen molar-refractivity contribution in [3.8, 4) is 0 Å². The van der Waals surface area contributed by atoms with E-state index in [1.54, 1.807) is 6.92 Å². The summed E-state index contributed by atoms with van der Waals surface area (Å²) in [5.74, 6) is -3.56. The van der Waals surface area contributed by atoms with Gasteiger partial charge in [0, 0.05) is 11.6 Å². The minimum atomic E-state index is -1.62. The van der Waals surface area contributed by atoms with Crippen LogP contribution in [0.25, 0.3) is 0 Å². The molecule has 102 valence electrons. The Kier molecular flexibility index (Phi) is 4.83. The second kappa shape index (κ2) is 5.61. The molecule has 0 aliphatic carbocycles. The molecule has 0 radical (unpaired) electrons. The zero-order valence-corrected chi connectivity index (χ0v) is 11.8. The van der Waals surface area contributed by atoms with Gasteiger partial charge in [0.05, 0.1) is 12.6 Å². The third-order valence-corrected chi connectivity index (χ3v) is 3.01. The molecule has 1 aromatic rings. The normalized spacial score (nSPS) is 31.8. The highest BCUT2D eigenvalue weighted by Gasteiger charge is 2.41. The molecule has 1 heterocycles. The fourth-order valence-corrected chi connectivity index (χ4v) is 2.02. The molecule has 6 heteroatoms. The Morgan fingerprint density at radius 1 is 1.33 bits per heavy atom. The fourth-order valence-electron chi connectivity index (χ4n) is 2.02. The summed E-state index contributed by atoms with van der Waals surface area (Å²) < 4.78 is 31.4. The number of aliphatic hydroxyl groups is 1. The van der Waals surface area contributed by atoms with Gasteiger partial charge in [-0.25, -0.2) is 8.78 Å². The highest BCUT2D eigenvalue weighted by molar-refractivity contribution is 8.93. The van der Waals surface area contributed by atoms with Crippen molar-refractivity contribution in [1.29, 1.82) is 0 Å². The number of nitrogens with one attached hydrogen (secondary N) is 1. The third kappa shape index (κ3) is 2.71. The van der Waals surface area contributed by atoms with E-state index in [9.17, 15) is 13.9 Å². The highest BCUT2D eigenvalue weighted by Crippen LogP contribution is 2.30. The Bertz CT molecular complexity index is 433. The van der Waals surface area contributed by atoms with E-state index in [1.165, 1.54) is 6.07 Å². The zero-order valence-electron chi connectivity index (χ0n) is 10.1. The summed E-state index contributed by atoms with van der Waals surface area (Å²) in [6.07, 6.45) is 0. The van der Waals surface area contributed by atoms with Gasteiger partial charge < -0.3 is 15.2 Å². The summed E-state index contributed by atoms with van der Waals surface area (Å²) in [5.41, 5.74) is 0.211. The van der Waals surface area contributed by atoms with Crippen molar-refractivity contribution >= 4 is 17.0 Å². The van der Waals surface area contributed by atoms with E-state index in [0.717, 1.165) is 12.1 Å². The molecule has 3 atom stereocenters. The molecule has 18 heavy (non-hydrogen) atoms. The molecule has 3 nitrogen and oxygen atoms in total. The van der Waals surface area contributed by atoms with Crippen molar-refractivity contribution in [2.45, 2.75) is 31.7 Å². The Labute approximate surface area is 115 Å². The van der Waals surface area contributed by atoms with Gasteiger partial charge >= 0.3 is 0 Å². The van der Waals surface area contributed by atoms with Crippen LogP contribution in [0.5, 0.6) is 0 Å². The van der Waals surface area contributed by atoms with Gasteiger partial charge in [0.25, 0.3) is 0 Å². The number of rotatable bonds is 1. The monoisotopic (exact) mass is 323 g/mol. The lowest BCUT2D eigenvalue weighted by Crippen LogP contribution is -2.58. The maximum Gasteiger partial charge on any atom is 0.208 e. The van der Waals surface area contributed by atoms with Crippen LogP contribution in [-0.4, -0.2) is 23.8 Å². The first-order valence-electron chi connectivity index (χ1n) is 5.51.